The Labute approximate surface area is 117 Å². The Bertz CT molecular complexity index is 409. The van der Waals surface area contributed by atoms with Crippen LogP contribution >= 0.6 is 0 Å². The van der Waals surface area contributed by atoms with Crippen molar-refractivity contribution < 1.29 is 4.74 Å². The van der Waals surface area contributed by atoms with Crippen LogP contribution in [0.1, 0.15) is 20.8 Å². The molecule has 0 radical (unpaired) electrons. The van der Waals surface area contributed by atoms with E-state index < -0.39 is 8.24 Å². The summed E-state index contributed by atoms with van der Waals surface area (Å²) < 4.78 is 7.97. The van der Waals surface area contributed by atoms with Crippen LogP contribution < -0.4 is 4.57 Å². The third kappa shape index (κ3) is 2.68. The van der Waals surface area contributed by atoms with E-state index >= 15 is 0 Å². The normalized spacial score (nSPS) is 18.4. The van der Waals surface area contributed by atoms with E-state index in [1.807, 2.05) is 0 Å². The van der Waals surface area contributed by atoms with Gasteiger partial charge in [0.2, 0.25) is 0 Å². The Hall–Kier alpha value is -1.29. The second-order valence-corrected chi connectivity index (χ2v) is 10.1. The van der Waals surface area contributed by atoms with Crippen LogP contribution in [-0.4, -0.2) is 27.4 Å². The molecule has 1 heterocycles. The largest absolute Gasteiger partial charge is 0.479 e. The highest BCUT2D eigenvalue weighted by molar-refractivity contribution is 6.83. The lowest BCUT2D eigenvalue weighted by Crippen LogP contribution is -2.57. The fraction of sp³-hybridized carbons (Fsp3) is 0.533. The smallest absolute Gasteiger partial charge is 0.171 e. The first-order valence-corrected chi connectivity index (χ1v) is 9.82. The van der Waals surface area contributed by atoms with Crippen LogP contribution in [-0.2, 0) is 4.74 Å². The topological polar surface area (TPSA) is 24.8 Å². The van der Waals surface area contributed by atoms with Gasteiger partial charge in [0.15, 0.2) is 20.8 Å². The zero-order valence-corrected chi connectivity index (χ0v) is 13.2. The molecule has 3 nitrogen and oxygen atoms in total. The summed E-state index contributed by atoms with van der Waals surface area (Å²) in [4.78, 5) is 4.54. The highest BCUT2D eigenvalue weighted by Gasteiger charge is 2.40. The molecule has 1 aromatic carbocycles. The standard InChI is InChI=1S/C15H24N2OSi/c1-4-19(5-2,6-3)17(15-12-18-13-16-15)14-10-8-7-9-11-14/h7-11,13,15H,4-6,12H2,1-3H3. The van der Waals surface area contributed by atoms with E-state index in [4.69, 9.17) is 4.74 Å². The number of ether oxygens (including phenoxy) is 1. The summed E-state index contributed by atoms with van der Waals surface area (Å²) in [7, 11) is -1.51. The molecule has 19 heavy (non-hydrogen) atoms. The van der Waals surface area contributed by atoms with Crippen molar-refractivity contribution in [2.24, 2.45) is 4.99 Å². The van der Waals surface area contributed by atoms with Crippen molar-refractivity contribution >= 4 is 20.3 Å². The molecule has 0 bridgehead atoms. The average Bonchev–Trinajstić information content (AvgIpc) is 2.99. The molecule has 1 aliphatic heterocycles. The van der Waals surface area contributed by atoms with E-state index in [-0.39, 0.29) is 6.17 Å². The SMILES string of the molecule is CC[Si](CC)(CC)N(c1ccccc1)C1COC=N1. The molecule has 1 aliphatic rings. The van der Waals surface area contributed by atoms with Gasteiger partial charge in [-0.2, -0.15) is 0 Å². The van der Waals surface area contributed by atoms with Crippen LogP contribution in [0.4, 0.5) is 5.69 Å². The summed E-state index contributed by atoms with van der Waals surface area (Å²) >= 11 is 0. The molecule has 104 valence electrons. The Morgan fingerprint density at radius 2 is 1.79 bits per heavy atom. The number of benzene rings is 1. The zero-order valence-electron chi connectivity index (χ0n) is 12.2. The van der Waals surface area contributed by atoms with Crippen LogP contribution in [0.15, 0.2) is 35.3 Å². The highest BCUT2D eigenvalue weighted by atomic mass is 28.3. The van der Waals surface area contributed by atoms with Crippen LogP contribution in [0.2, 0.25) is 18.1 Å². The van der Waals surface area contributed by atoms with Gasteiger partial charge in [-0.25, -0.2) is 4.99 Å². The van der Waals surface area contributed by atoms with Crippen molar-refractivity contribution in [1.29, 1.82) is 0 Å². The summed E-state index contributed by atoms with van der Waals surface area (Å²) in [6.07, 6.45) is 1.77. The van der Waals surface area contributed by atoms with Crippen LogP contribution in [0.5, 0.6) is 0 Å². The van der Waals surface area contributed by atoms with E-state index in [2.05, 4.69) is 60.7 Å². The highest BCUT2D eigenvalue weighted by Crippen LogP contribution is 2.33. The zero-order chi connectivity index (χ0) is 13.7. The number of aliphatic imine (C=N–C) groups is 1. The average molecular weight is 276 g/mol. The summed E-state index contributed by atoms with van der Waals surface area (Å²) in [6, 6.07) is 14.5. The number of rotatable bonds is 6. The van der Waals surface area contributed by atoms with E-state index in [0.29, 0.717) is 6.61 Å². The Balaban J connectivity index is 2.41. The number of hydrogen-bond donors (Lipinski definition) is 0. The number of para-hydroxylation sites is 1. The van der Waals surface area contributed by atoms with Crippen LogP contribution in [0.25, 0.3) is 0 Å². The van der Waals surface area contributed by atoms with Crippen LogP contribution in [0.3, 0.4) is 0 Å². The number of anilines is 1. The molecule has 0 N–H and O–H groups in total. The maximum atomic E-state index is 5.38. The van der Waals surface area contributed by atoms with E-state index in [1.54, 1.807) is 6.40 Å². The molecule has 0 fully saturated rings. The molecular weight excluding hydrogens is 252 g/mol. The Morgan fingerprint density at radius 3 is 2.26 bits per heavy atom. The Kier molecular flexibility index (Phi) is 4.64. The first-order chi connectivity index (χ1) is 9.27. The molecule has 0 aliphatic carbocycles. The molecule has 2 rings (SSSR count). The Morgan fingerprint density at radius 1 is 1.16 bits per heavy atom. The molecule has 1 unspecified atom stereocenters. The summed E-state index contributed by atoms with van der Waals surface area (Å²) in [5.74, 6) is 0. The monoisotopic (exact) mass is 276 g/mol. The predicted molar refractivity (Wildman–Crippen MR) is 84.4 cm³/mol. The summed E-state index contributed by atoms with van der Waals surface area (Å²) in [5, 5.41) is 0. The van der Waals surface area contributed by atoms with Gasteiger partial charge in [0.25, 0.3) is 0 Å². The van der Waals surface area contributed by atoms with Crippen molar-refractivity contribution in [3.8, 4) is 0 Å². The van der Waals surface area contributed by atoms with Gasteiger partial charge >= 0.3 is 0 Å². The second-order valence-electron chi connectivity index (χ2n) is 5.06. The number of hydrogen-bond acceptors (Lipinski definition) is 3. The molecule has 0 saturated heterocycles. The molecular formula is C15H24N2OSi. The van der Waals surface area contributed by atoms with Gasteiger partial charge in [0.05, 0.1) is 0 Å². The van der Waals surface area contributed by atoms with Gasteiger partial charge in [-0.3, -0.25) is 0 Å². The maximum absolute atomic E-state index is 5.38. The molecule has 1 atom stereocenters. The predicted octanol–water partition coefficient (Wildman–Crippen LogP) is 3.88. The van der Waals surface area contributed by atoms with E-state index in [0.717, 1.165) is 0 Å². The van der Waals surface area contributed by atoms with Gasteiger partial charge in [-0.1, -0.05) is 39.0 Å². The van der Waals surface area contributed by atoms with E-state index in [9.17, 15) is 0 Å². The van der Waals surface area contributed by atoms with Crippen molar-refractivity contribution in [1.82, 2.24) is 0 Å². The minimum absolute atomic E-state index is 0.161. The fourth-order valence-electron chi connectivity index (χ4n) is 3.04. The first kappa shape index (κ1) is 14.1. The second kappa shape index (κ2) is 6.24. The van der Waals surface area contributed by atoms with Crippen molar-refractivity contribution in [2.75, 3.05) is 11.2 Å². The minimum atomic E-state index is -1.51. The minimum Gasteiger partial charge on any atom is -0.479 e. The van der Waals surface area contributed by atoms with Gasteiger partial charge in [0, 0.05) is 5.69 Å². The van der Waals surface area contributed by atoms with Crippen molar-refractivity contribution in [2.45, 2.75) is 45.1 Å². The van der Waals surface area contributed by atoms with Gasteiger partial charge in [-0.15, -0.1) is 0 Å². The molecule has 1 aromatic rings. The maximum Gasteiger partial charge on any atom is 0.171 e. The van der Waals surface area contributed by atoms with E-state index in [1.165, 1.54) is 23.8 Å². The lowest BCUT2D eigenvalue weighted by atomic mass is 10.3. The third-order valence-electron chi connectivity index (χ3n) is 4.37. The molecule has 4 heteroatoms. The van der Waals surface area contributed by atoms with Gasteiger partial charge in [-0.05, 0) is 30.3 Å². The van der Waals surface area contributed by atoms with Gasteiger partial charge < -0.3 is 9.30 Å². The fourth-order valence-corrected chi connectivity index (χ4v) is 7.03. The van der Waals surface area contributed by atoms with Gasteiger partial charge in [0.1, 0.15) is 6.61 Å². The lowest BCUT2D eigenvalue weighted by Gasteiger charge is -2.44. The summed E-state index contributed by atoms with van der Waals surface area (Å²) in [6.45, 7) is 7.67. The molecule has 0 spiro atoms. The van der Waals surface area contributed by atoms with Crippen LogP contribution in [0, 0.1) is 0 Å². The molecule has 0 aromatic heterocycles. The quantitative estimate of drug-likeness (QED) is 0.737. The van der Waals surface area contributed by atoms with Crippen molar-refractivity contribution in [3.63, 3.8) is 0 Å². The molecule has 0 amide bonds. The lowest BCUT2D eigenvalue weighted by molar-refractivity contribution is 0.330. The summed E-state index contributed by atoms with van der Waals surface area (Å²) in [5.41, 5.74) is 1.30. The molecule has 0 saturated carbocycles. The van der Waals surface area contributed by atoms with Crippen molar-refractivity contribution in [3.05, 3.63) is 30.3 Å². The third-order valence-corrected chi connectivity index (χ3v) is 9.90. The number of nitrogens with zero attached hydrogens (tertiary/aromatic N) is 2. The first-order valence-electron chi connectivity index (χ1n) is 7.25.